The fourth-order valence-corrected chi connectivity index (χ4v) is 4.27. The number of carbonyl (C=O) groups excluding carboxylic acids is 1. The Morgan fingerprint density at radius 2 is 2.35 bits per heavy atom. The van der Waals surface area contributed by atoms with Crippen molar-refractivity contribution >= 4 is 17.2 Å². The number of aryl methyl sites for hydroxylation is 1. The number of thiazole rings is 1. The minimum atomic E-state index is 0.0839. The van der Waals surface area contributed by atoms with Crippen LogP contribution in [0.5, 0.6) is 0 Å². The Kier molecular flexibility index (Phi) is 3.82. The molecule has 2 atom stereocenters. The predicted molar refractivity (Wildman–Crippen MR) is 80.7 cm³/mol. The van der Waals surface area contributed by atoms with Crippen molar-refractivity contribution in [2.45, 2.75) is 45.6 Å². The Bertz CT molecular complexity index is 493. The minimum absolute atomic E-state index is 0.0839. The maximum atomic E-state index is 12.5. The molecular formula is C15H23N3OS. The summed E-state index contributed by atoms with van der Waals surface area (Å²) in [4.78, 5) is 17.0. The number of piperidine rings is 1. The highest BCUT2D eigenvalue weighted by atomic mass is 32.1. The normalized spacial score (nSPS) is 25.4. The first kappa shape index (κ1) is 14.0. The molecule has 4 nitrogen and oxygen atoms in total. The summed E-state index contributed by atoms with van der Waals surface area (Å²) >= 11 is 1.65. The first-order chi connectivity index (χ1) is 9.64. The lowest BCUT2D eigenvalue weighted by Crippen LogP contribution is -2.35. The topological polar surface area (TPSA) is 54.0 Å². The van der Waals surface area contributed by atoms with Gasteiger partial charge in [0.25, 0.3) is 0 Å². The first-order valence-corrected chi connectivity index (χ1v) is 8.46. The summed E-state index contributed by atoms with van der Waals surface area (Å²) in [6, 6.07) is 0.0839. The summed E-state index contributed by atoms with van der Waals surface area (Å²) < 4.78 is 0. The smallest absolute Gasteiger partial charge is 0.224 e. The van der Waals surface area contributed by atoms with E-state index < -0.39 is 0 Å². The molecule has 0 radical (unpaired) electrons. The molecule has 0 bridgehead atoms. The summed E-state index contributed by atoms with van der Waals surface area (Å²) in [5, 5.41) is 9.69. The average molecular weight is 293 g/mol. The second-order valence-electron chi connectivity index (χ2n) is 6.17. The summed E-state index contributed by atoms with van der Waals surface area (Å²) in [7, 11) is 0. The molecule has 2 aliphatic rings. The van der Waals surface area contributed by atoms with E-state index in [0.29, 0.717) is 5.41 Å². The van der Waals surface area contributed by atoms with Crippen LogP contribution in [-0.4, -0.2) is 24.0 Å². The van der Waals surface area contributed by atoms with Crippen LogP contribution in [0.25, 0.3) is 0 Å². The minimum Gasteiger partial charge on any atom is -0.347 e. The van der Waals surface area contributed by atoms with Gasteiger partial charge in [-0.3, -0.25) is 4.79 Å². The maximum Gasteiger partial charge on any atom is 0.224 e. The SMILES string of the molecule is CCC(NC(=O)C1CC12CCNCC2)c1nc(C)cs1. The van der Waals surface area contributed by atoms with E-state index in [2.05, 4.69) is 27.9 Å². The van der Waals surface area contributed by atoms with Crippen LogP contribution in [0.1, 0.15) is 49.4 Å². The quantitative estimate of drug-likeness (QED) is 0.896. The summed E-state index contributed by atoms with van der Waals surface area (Å²) in [5.41, 5.74) is 1.35. The van der Waals surface area contributed by atoms with Crippen molar-refractivity contribution in [2.24, 2.45) is 11.3 Å². The molecule has 1 aliphatic heterocycles. The fourth-order valence-electron chi connectivity index (χ4n) is 3.34. The van der Waals surface area contributed by atoms with E-state index in [4.69, 9.17) is 0 Å². The van der Waals surface area contributed by atoms with E-state index in [1.807, 2.05) is 6.92 Å². The molecule has 1 aliphatic carbocycles. The zero-order valence-corrected chi connectivity index (χ0v) is 13.1. The van der Waals surface area contributed by atoms with Gasteiger partial charge in [0, 0.05) is 17.0 Å². The molecule has 110 valence electrons. The van der Waals surface area contributed by atoms with Crippen LogP contribution < -0.4 is 10.6 Å². The van der Waals surface area contributed by atoms with Gasteiger partial charge in [0.05, 0.1) is 6.04 Å². The van der Waals surface area contributed by atoms with Crippen molar-refractivity contribution in [3.8, 4) is 0 Å². The Labute approximate surface area is 124 Å². The molecule has 1 saturated heterocycles. The van der Waals surface area contributed by atoms with E-state index in [1.165, 1.54) is 0 Å². The van der Waals surface area contributed by atoms with Gasteiger partial charge in [-0.1, -0.05) is 6.92 Å². The van der Waals surface area contributed by atoms with Crippen LogP contribution in [0.2, 0.25) is 0 Å². The lowest BCUT2D eigenvalue weighted by molar-refractivity contribution is -0.124. The zero-order valence-electron chi connectivity index (χ0n) is 12.2. The lowest BCUT2D eigenvalue weighted by Gasteiger charge is -2.24. The number of nitrogens with one attached hydrogen (secondary N) is 2. The molecular weight excluding hydrogens is 270 g/mol. The molecule has 5 heteroatoms. The van der Waals surface area contributed by atoms with E-state index in [-0.39, 0.29) is 17.9 Å². The number of hydrogen-bond donors (Lipinski definition) is 2. The van der Waals surface area contributed by atoms with Crippen molar-refractivity contribution in [1.29, 1.82) is 0 Å². The molecule has 0 aromatic carbocycles. The largest absolute Gasteiger partial charge is 0.347 e. The predicted octanol–water partition coefficient (Wildman–Crippen LogP) is 2.41. The van der Waals surface area contributed by atoms with Gasteiger partial charge in [0.2, 0.25) is 5.91 Å². The van der Waals surface area contributed by atoms with Gasteiger partial charge < -0.3 is 10.6 Å². The second-order valence-corrected chi connectivity index (χ2v) is 7.06. The van der Waals surface area contributed by atoms with Crippen LogP contribution >= 0.6 is 11.3 Å². The van der Waals surface area contributed by atoms with Crippen LogP contribution in [0.15, 0.2) is 5.38 Å². The molecule has 1 aromatic rings. The molecule has 2 N–H and O–H groups in total. The van der Waals surface area contributed by atoms with Gasteiger partial charge in [-0.15, -0.1) is 11.3 Å². The van der Waals surface area contributed by atoms with E-state index >= 15 is 0 Å². The van der Waals surface area contributed by atoms with Crippen LogP contribution in [-0.2, 0) is 4.79 Å². The standard InChI is InChI=1S/C15H23N3OS/c1-3-12(14-17-10(2)9-20-14)18-13(19)11-8-15(11)4-6-16-7-5-15/h9,11-12,16H,3-8H2,1-2H3,(H,18,19). The monoisotopic (exact) mass is 293 g/mol. The Hall–Kier alpha value is -0.940. The molecule has 20 heavy (non-hydrogen) atoms. The van der Waals surface area contributed by atoms with Crippen molar-refractivity contribution < 1.29 is 4.79 Å². The Balaban J connectivity index is 1.61. The highest BCUT2D eigenvalue weighted by Gasteiger charge is 2.57. The molecule has 1 spiro atoms. The summed E-state index contributed by atoms with van der Waals surface area (Å²) in [6.07, 6.45) is 4.28. The number of rotatable bonds is 4. The van der Waals surface area contributed by atoms with Crippen LogP contribution in [0.3, 0.4) is 0 Å². The number of hydrogen-bond acceptors (Lipinski definition) is 4. The van der Waals surface area contributed by atoms with Gasteiger partial charge in [0.1, 0.15) is 5.01 Å². The molecule has 1 saturated carbocycles. The van der Waals surface area contributed by atoms with Crippen molar-refractivity contribution in [1.82, 2.24) is 15.6 Å². The number of aromatic nitrogens is 1. The average Bonchev–Trinajstić information content (AvgIpc) is 2.96. The van der Waals surface area contributed by atoms with Crippen molar-refractivity contribution in [3.63, 3.8) is 0 Å². The third-order valence-corrected chi connectivity index (χ3v) is 5.84. The highest BCUT2D eigenvalue weighted by molar-refractivity contribution is 7.09. The molecule has 1 aromatic heterocycles. The third kappa shape index (κ3) is 2.61. The summed E-state index contributed by atoms with van der Waals surface area (Å²) in [5.74, 6) is 0.478. The van der Waals surface area contributed by atoms with E-state index in [0.717, 1.165) is 49.5 Å². The van der Waals surface area contributed by atoms with Gasteiger partial charge in [-0.05, 0) is 51.1 Å². The molecule has 2 fully saturated rings. The fraction of sp³-hybridized carbons (Fsp3) is 0.733. The van der Waals surface area contributed by atoms with E-state index in [9.17, 15) is 4.79 Å². The molecule has 1 amide bonds. The van der Waals surface area contributed by atoms with Crippen LogP contribution in [0, 0.1) is 18.3 Å². The van der Waals surface area contributed by atoms with Crippen molar-refractivity contribution in [2.75, 3.05) is 13.1 Å². The number of carbonyl (C=O) groups is 1. The lowest BCUT2D eigenvalue weighted by atomic mass is 9.91. The molecule has 3 rings (SSSR count). The van der Waals surface area contributed by atoms with Gasteiger partial charge in [-0.2, -0.15) is 0 Å². The number of amides is 1. The highest BCUT2D eigenvalue weighted by Crippen LogP contribution is 2.58. The van der Waals surface area contributed by atoms with Crippen molar-refractivity contribution in [3.05, 3.63) is 16.1 Å². The second kappa shape index (κ2) is 5.45. The zero-order chi connectivity index (χ0) is 14.2. The van der Waals surface area contributed by atoms with Gasteiger partial charge >= 0.3 is 0 Å². The third-order valence-electron chi connectivity index (χ3n) is 4.77. The molecule has 2 unspecified atom stereocenters. The Morgan fingerprint density at radius 1 is 1.60 bits per heavy atom. The van der Waals surface area contributed by atoms with Crippen LogP contribution in [0.4, 0.5) is 0 Å². The molecule has 2 heterocycles. The van der Waals surface area contributed by atoms with E-state index in [1.54, 1.807) is 11.3 Å². The summed E-state index contributed by atoms with van der Waals surface area (Å²) in [6.45, 7) is 6.23. The maximum absolute atomic E-state index is 12.5. The van der Waals surface area contributed by atoms with Gasteiger partial charge in [-0.25, -0.2) is 4.98 Å². The Morgan fingerprint density at radius 3 is 2.95 bits per heavy atom. The van der Waals surface area contributed by atoms with Gasteiger partial charge in [0.15, 0.2) is 0 Å². The number of nitrogens with zero attached hydrogens (tertiary/aromatic N) is 1. The first-order valence-electron chi connectivity index (χ1n) is 7.58.